The Bertz CT molecular complexity index is 798. The van der Waals surface area contributed by atoms with Crippen LogP contribution in [0.1, 0.15) is 22.6 Å². The van der Waals surface area contributed by atoms with Gasteiger partial charge in [-0.25, -0.2) is 9.67 Å². The van der Waals surface area contributed by atoms with Crippen molar-refractivity contribution in [3.05, 3.63) is 66.5 Å². The van der Waals surface area contributed by atoms with Crippen molar-refractivity contribution in [1.29, 1.82) is 0 Å². The zero-order valence-corrected chi connectivity index (χ0v) is 11.9. The van der Waals surface area contributed by atoms with E-state index in [1.54, 1.807) is 18.7 Å². The molecule has 0 saturated carbocycles. The Morgan fingerprint density at radius 3 is 2.74 bits per heavy atom. The number of halogens is 2. The summed E-state index contributed by atoms with van der Waals surface area (Å²) in [7, 11) is 0. The molecule has 0 spiro atoms. The van der Waals surface area contributed by atoms with Crippen LogP contribution in [0.15, 0.2) is 55.2 Å². The minimum atomic E-state index is -2.77. The summed E-state index contributed by atoms with van der Waals surface area (Å²) in [6.45, 7) is -2.52. The fourth-order valence-electron chi connectivity index (χ4n) is 2.15. The lowest BCUT2D eigenvalue weighted by molar-refractivity contribution is 0.0560. The average molecular weight is 317 g/mol. The summed E-state index contributed by atoms with van der Waals surface area (Å²) in [6, 6.07) is 8.75. The summed E-state index contributed by atoms with van der Waals surface area (Å²) in [5.41, 5.74) is 1.70. The van der Waals surface area contributed by atoms with Crippen LogP contribution in [0.5, 0.6) is 0 Å². The van der Waals surface area contributed by atoms with Crippen molar-refractivity contribution >= 4 is 5.91 Å². The highest BCUT2D eigenvalue weighted by atomic mass is 19.3. The summed E-state index contributed by atoms with van der Waals surface area (Å²) in [5, 5.41) is 6.21. The van der Waals surface area contributed by atoms with Crippen LogP contribution in [0.4, 0.5) is 8.78 Å². The molecular formula is C15H13F2N5O. The Morgan fingerprint density at radius 2 is 2.04 bits per heavy atom. The van der Waals surface area contributed by atoms with Crippen LogP contribution in [0, 0.1) is 0 Å². The zero-order chi connectivity index (χ0) is 16.2. The number of alkyl halides is 2. The molecule has 2 heterocycles. The van der Waals surface area contributed by atoms with Gasteiger partial charge in [0.25, 0.3) is 5.91 Å². The number of benzene rings is 1. The van der Waals surface area contributed by atoms with Crippen molar-refractivity contribution in [1.82, 2.24) is 24.6 Å². The Kier molecular flexibility index (Phi) is 4.13. The number of hydrogen-bond donors (Lipinski definition) is 1. The fourth-order valence-corrected chi connectivity index (χ4v) is 2.15. The van der Waals surface area contributed by atoms with Crippen molar-refractivity contribution in [3.63, 3.8) is 0 Å². The number of nitrogens with zero attached hydrogens (tertiary/aromatic N) is 4. The van der Waals surface area contributed by atoms with Gasteiger partial charge in [-0.3, -0.25) is 4.79 Å². The van der Waals surface area contributed by atoms with Crippen LogP contribution in [0.25, 0.3) is 5.69 Å². The molecule has 6 nitrogen and oxygen atoms in total. The average Bonchev–Trinajstić information content (AvgIpc) is 3.24. The Balaban J connectivity index is 1.72. The maximum atomic E-state index is 12.5. The van der Waals surface area contributed by atoms with E-state index in [1.165, 1.54) is 6.07 Å². The number of imidazole rings is 1. The molecule has 0 aliphatic heterocycles. The molecule has 0 aliphatic rings. The van der Waals surface area contributed by atoms with Crippen molar-refractivity contribution in [2.24, 2.45) is 0 Å². The summed E-state index contributed by atoms with van der Waals surface area (Å²) < 4.78 is 27.2. The molecule has 118 valence electrons. The van der Waals surface area contributed by atoms with E-state index in [2.05, 4.69) is 15.4 Å². The Morgan fingerprint density at radius 1 is 1.22 bits per heavy atom. The standard InChI is InChI=1S/C15H13F2N5O/c16-15(17)22-7-5-12(20-22)14(23)19-9-11-3-1-2-4-13(11)21-8-6-18-10-21/h1-8,10,15H,9H2,(H,19,23). The normalized spacial score (nSPS) is 10.9. The van der Waals surface area contributed by atoms with E-state index in [9.17, 15) is 13.6 Å². The van der Waals surface area contributed by atoms with Gasteiger partial charge in [-0.1, -0.05) is 18.2 Å². The summed E-state index contributed by atoms with van der Waals surface area (Å²) in [5.74, 6) is -0.509. The second-order valence-electron chi connectivity index (χ2n) is 4.74. The monoisotopic (exact) mass is 317 g/mol. The molecule has 8 heteroatoms. The van der Waals surface area contributed by atoms with Gasteiger partial charge in [0.1, 0.15) is 5.69 Å². The topological polar surface area (TPSA) is 64.7 Å². The quantitative estimate of drug-likeness (QED) is 0.786. The molecule has 0 unspecified atom stereocenters. The van der Waals surface area contributed by atoms with Crippen LogP contribution < -0.4 is 5.32 Å². The molecule has 1 amide bonds. The highest BCUT2D eigenvalue weighted by Crippen LogP contribution is 2.14. The van der Waals surface area contributed by atoms with Crippen molar-refractivity contribution < 1.29 is 13.6 Å². The maximum absolute atomic E-state index is 12.5. The maximum Gasteiger partial charge on any atom is 0.333 e. The van der Waals surface area contributed by atoms with Gasteiger partial charge in [-0.2, -0.15) is 13.9 Å². The zero-order valence-electron chi connectivity index (χ0n) is 11.9. The largest absolute Gasteiger partial charge is 0.346 e. The first-order valence-corrected chi connectivity index (χ1v) is 6.83. The molecule has 0 saturated heterocycles. The lowest BCUT2D eigenvalue weighted by atomic mass is 10.1. The van der Waals surface area contributed by atoms with E-state index in [-0.39, 0.29) is 12.2 Å². The van der Waals surface area contributed by atoms with Gasteiger partial charge in [-0.15, -0.1) is 0 Å². The highest BCUT2D eigenvalue weighted by molar-refractivity contribution is 5.92. The molecule has 23 heavy (non-hydrogen) atoms. The molecule has 0 radical (unpaired) electrons. The Hall–Kier alpha value is -3.03. The Labute approximate surface area is 130 Å². The predicted molar refractivity (Wildman–Crippen MR) is 78.2 cm³/mol. The van der Waals surface area contributed by atoms with Gasteiger partial charge in [-0.05, 0) is 17.7 Å². The highest BCUT2D eigenvalue weighted by Gasteiger charge is 2.13. The lowest BCUT2D eigenvalue weighted by Crippen LogP contribution is -2.24. The molecular weight excluding hydrogens is 304 g/mol. The molecule has 0 bridgehead atoms. The van der Waals surface area contributed by atoms with Crippen LogP contribution in [0.2, 0.25) is 0 Å². The third kappa shape index (κ3) is 3.25. The van der Waals surface area contributed by atoms with E-state index in [0.717, 1.165) is 17.4 Å². The summed E-state index contributed by atoms with van der Waals surface area (Å²) in [6.07, 6.45) is 6.18. The minimum absolute atomic E-state index is 0.0505. The number of nitrogens with one attached hydrogen (secondary N) is 1. The number of hydrogen-bond acceptors (Lipinski definition) is 3. The second-order valence-corrected chi connectivity index (χ2v) is 4.74. The number of carbonyl (C=O) groups excluding carboxylic acids is 1. The number of para-hydroxylation sites is 1. The molecule has 3 aromatic rings. The van der Waals surface area contributed by atoms with E-state index in [4.69, 9.17) is 0 Å². The molecule has 2 aromatic heterocycles. The fraction of sp³-hybridized carbons (Fsp3) is 0.133. The number of amides is 1. The van der Waals surface area contributed by atoms with E-state index in [0.29, 0.717) is 4.68 Å². The smallest absolute Gasteiger partial charge is 0.333 e. The first kappa shape index (κ1) is 14.9. The van der Waals surface area contributed by atoms with Gasteiger partial charge in [0.15, 0.2) is 0 Å². The third-order valence-corrected chi connectivity index (χ3v) is 3.25. The van der Waals surface area contributed by atoms with Gasteiger partial charge >= 0.3 is 6.55 Å². The second kappa shape index (κ2) is 6.39. The number of rotatable bonds is 5. The molecule has 3 rings (SSSR count). The lowest BCUT2D eigenvalue weighted by Gasteiger charge is -2.10. The first-order chi connectivity index (χ1) is 11.1. The van der Waals surface area contributed by atoms with Crippen LogP contribution in [-0.2, 0) is 6.54 Å². The number of carbonyl (C=O) groups is 1. The van der Waals surface area contributed by atoms with E-state index >= 15 is 0 Å². The molecule has 0 fully saturated rings. The van der Waals surface area contributed by atoms with E-state index in [1.807, 2.05) is 28.8 Å². The molecule has 0 aliphatic carbocycles. The van der Waals surface area contributed by atoms with Crippen molar-refractivity contribution in [3.8, 4) is 5.69 Å². The molecule has 1 N–H and O–H groups in total. The third-order valence-electron chi connectivity index (χ3n) is 3.25. The summed E-state index contributed by atoms with van der Waals surface area (Å²) >= 11 is 0. The van der Waals surface area contributed by atoms with Crippen molar-refractivity contribution in [2.75, 3.05) is 0 Å². The molecule has 1 aromatic carbocycles. The van der Waals surface area contributed by atoms with Crippen molar-refractivity contribution in [2.45, 2.75) is 13.1 Å². The molecule has 0 atom stereocenters. The predicted octanol–water partition coefficient (Wildman–Crippen LogP) is 2.39. The number of aromatic nitrogens is 4. The van der Waals surface area contributed by atoms with Gasteiger partial charge in [0.05, 0.1) is 12.0 Å². The van der Waals surface area contributed by atoms with Gasteiger partial charge in [0.2, 0.25) is 0 Å². The van der Waals surface area contributed by atoms with Crippen LogP contribution >= 0.6 is 0 Å². The van der Waals surface area contributed by atoms with Crippen LogP contribution in [-0.4, -0.2) is 25.2 Å². The van der Waals surface area contributed by atoms with Gasteiger partial charge in [0, 0.05) is 25.1 Å². The van der Waals surface area contributed by atoms with E-state index < -0.39 is 12.5 Å². The summed E-state index contributed by atoms with van der Waals surface area (Å²) in [4.78, 5) is 16.0. The minimum Gasteiger partial charge on any atom is -0.346 e. The first-order valence-electron chi connectivity index (χ1n) is 6.83. The van der Waals surface area contributed by atoms with Crippen LogP contribution in [0.3, 0.4) is 0 Å². The SMILES string of the molecule is O=C(NCc1ccccc1-n1ccnc1)c1ccn(C(F)F)n1. The van der Waals surface area contributed by atoms with Gasteiger partial charge < -0.3 is 9.88 Å².